The van der Waals surface area contributed by atoms with Crippen molar-refractivity contribution in [2.24, 2.45) is 11.1 Å². The number of epoxide rings is 1. The van der Waals surface area contributed by atoms with Crippen LogP contribution in [0.1, 0.15) is 46.1 Å². The van der Waals surface area contributed by atoms with E-state index in [1.165, 1.54) is 7.11 Å². The molecule has 1 fully saturated rings. The normalized spacial score (nSPS) is 23.1. The summed E-state index contributed by atoms with van der Waals surface area (Å²) < 4.78 is 10.4. The highest BCUT2D eigenvalue weighted by Crippen LogP contribution is 2.30. The maximum atomic E-state index is 13.2. The molecule has 2 amide bonds. The molecule has 0 aliphatic carbocycles. The van der Waals surface area contributed by atoms with Gasteiger partial charge in [-0.2, -0.15) is 0 Å². The van der Waals surface area contributed by atoms with Crippen LogP contribution in [-0.4, -0.2) is 72.1 Å². The average Bonchev–Trinajstić information content (AvgIpc) is 3.48. The summed E-state index contributed by atoms with van der Waals surface area (Å²) in [4.78, 5) is 44.0. The number of rotatable bonds is 14. The van der Waals surface area contributed by atoms with Crippen molar-refractivity contribution in [3.8, 4) is 0 Å². The van der Waals surface area contributed by atoms with Crippen molar-refractivity contribution in [1.29, 1.82) is 0 Å². The minimum atomic E-state index is -1.29. The van der Waals surface area contributed by atoms with E-state index in [1.807, 2.05) is 44.2 Å². The molecule has 2 heterocycles. The lowest BCUT2D eigenvalue weighted by Gasteiger charge is -2.30. The molecular weight excluding hydrogens is 492 g/mol. The van der Waals surface area contributed by atoms with Gasteiger partial charge in [-0.1, -0.05) is 49.3 Å². The van der Waals surface area contributed by atoms with Crippen molar-refractivity contribution in [2.45, 2.75) is 77.0 Å². The number of hydrogen-bond acceptors (Lipinski definition) is 9. The number of methoxy groups -OCH3 is 1. The first kappa shape index (κ1) is 29.3. The molecule has 0 bridgehead atoms. The summed E-state index contributed by atoms with van der Waals surface area (Å²) in [7, 11) is 1.35. The second-order valence-electron chi connectivity index (χ2n) is 10.3. The van der Waals surface area contributed by atoms with Crippen molar-refractivity contribution >= 4 is 23.3 Å². The number of amides is 2. The van der Waals surface area contributed by atoms with Gasteiger partial charge in [-0.3, -0.25) is 19.7 Å². The Balaban J connectivity index is 1.77. The minimum absolute atomic E-state index is 0.143. The van der Waals surface area contributed by atoms with Crippen molar-refractivity contribution in [2.75, 3.05) is 13.7 Å². The van der Waals surface area contributed by atoms with Crippen molar-refractivity contribution in [1.82, 2.24) is 16.0 Å². The Bertz CT molecular complexity index is 1050. The maximum absolute atomic E-state index is 13.2. The molecule has 38 heavy (non-hydrogen) atoms. The Hall–Kier alpha value is -3.28. The third kappa shape index (κ3) is 8.11. The number of carbonyl (C=O) groups excluding carboxylic acids is 3. The largest absolute Gasteiger partial charge is 0.502 e. The summed E-state index contributed by atoms with van der Waals surface area (Å²) in [5.41, 5.74) is -0.0252. The van der Waals surface area contributed by atoms with Crippen LogP contribution in [0.5, 0.6) is 0 Å². The fourth-order valence-electron chi connectivity index (χ4n) is 4.11. The molecule has 0 aromatic heterocycles. The number of ketones is 1. The zero-order chi connectivity index (χ0) is 27.9. The SMILES string of the molecule is CO/C=C(/NC(=O)C1=NOC(C)C1)C(=O)NC(Cc1ccccc1)C(O)NC(CC(C)C)C(=O)[C@@]1(C)CO1. The van der Waals surface area contributed by atoms with Crippen LogP contribution in [-0.2, 0) is 35.1 Å². The highest BCUT2D eigenvalue weighted by Gasteiger charge is 2.50. The number of nitrogens with zero attached hydrogens (tertiary/aromatic N) is 1. The Morgan fingerprint density at radius 3 is 2.50 bits per heavy atom. The number of hydrogen-bond donors (Lipinski definition) is 4. The number of benzene rings is 1. The molecule has 0 spiro atoms. The van der Waals surface area contributed by atoms with Crippen LogP contribution in [0.2, 0.25) is 0 Å². The van der Waals surface area contributed by atoms with E-state index in [-0.39, 0.29) is 35.6 Å². The van der Waals surface area contributed by atoms with Gasteiger partial charge in [0, 0.05) is 6.42 Å². The molecule has 11 nitrogen and oxygen atoms in total. The first-order valence-electron chi connectivity index (χ1n) is 12.8. The van der Waals surface area contributed by atoms with Gasteiger partial charge < -0.3 is 30.1 Å². The number of oxime groups is 1. The topological polar surface area (TPSA) is 151 Å². The van der Waals surface area contributed by atoms with Gasteiger partial charge in [0.1, 0.15) is 35.6 Å². The second kappa shape index (κ2) is 13.0. The van der Waals surface area contributed by atoms with Crippen molar-refractivity contribution in [3.05, 3.63) is 47.9 Å². The maximum Gasteiger partial charge on any atom is 0.273 e. The molecular formula is C27H38N4O7. The smallest absolute Gasteiger partial charge is 0.273 e. The zero-order valence-electron chi connectivity index (χ0n) is 22.5. The lowest BCUT2D eigenvalue weighted by molar-refractivity contribution is -0.127. The zero-order valence-corrected chi connectivity index (χ0v) is 22.5. The fourth-order valence-corrected chi connectivity index (χ4v) is 4.11. The van der Waals surface area contributed by atoms with E-state index in [9.17, 15) is 19.5 Å². The number of ether oxygens (including phenoxy) is 2. The summed E-state index contributed by atoms with van der Waals surface area (Å²) in [6.07, 6.45) is 0.615. The molecule has 2 aliphatic rings. The van der Waals surface area contributed by atoms with Crippen LogP contribution < -0.4 is 16.0 Å². The predicted molar refractivity (Wildman–Crippen MR) is 140 cm³/mol. The first-order chi connectivity index (χ1) is 18.0. The van der Waals surface area contributed by atoms with Gasteiger partial charge in [0.05, 0.1) is 25.8 Å². The van der Waals surface area contributed by atoms with Crippen molar-refractivity contribution < 1.29 is 33.8 Å². The quantitative estimate of drug-likeness (QED) is 0.121. The molecule has 3 rings (SSSR count). The number of carbonyl (C=O) groups is 3. The molecule has 4 unspecified atom stereocenters. The Labute approximate surface area is 223 Å². The average molecular weight is 531 g/mol. The summed E-state index contributed by atoms with van der Waals surface area (Å²) >= 11 is 0. The Morgan fingerprint density at radius 1 is 1.26 bits per heavy atom. The van der Waals surface area contributed by atoms with E-state index >= 15 is 0 Å². The van der Waals surface area contributed by atoms with Crippen LogP contribution in [0.3, 0.4) is 0 Å². The molecule has 4 N–H and O–H groups in total. The van der Waals surface area contributed by atoms with Crippen LogP contribution in [0.15, 0.2) is 47.4 Å². The third-order valence-electron chi connectivity index (χ3n) is 6.30. The molecule has 0 radical (unpaired) electrons. The molecule has 5 atom stereocenters. The standard InChI is InChI=1S/C27H38N4O7/c1-16(2)11-19(23(32)27(4)15-37-27)28-24(33)20(13-18-9-7-6-8-10-18)29-26(35)22(14-36-5)30-25(34)21-12-17(3)38-31-21/h6-10,14,16-17,19-20,24,28,33H,11-13,15H2,1-5H3,(H,29,35)(H,30,34)/b22-14+/t17?,19?,20?,24?,27-/m1/s1. The Morgan fingerprint density at radius 2 is 1.95 bits per heavy atom. The molecule has 1 saturated heterocycles. The molecule has 11 heteroatoms. The van der Waals surface area contributed by atoms with E-state index < -0.39 is 35.7 Å². The molecule has 1 aromatic rings. The Kier molecular flexibility index (Phi) is 10.0. The monoisotopic (exact) mass is 530 g/mol. The first-order valence-corrected chi connectivity index (χ1v) is 12.8. The summed E-state index contributed by atoms with van der Waals surface area (Å²) in [5.74, 6) is -1.24. The van der Waals surface area contributed by atoms with Crippen LogP contribution >= 0.6 is 0 Å². The lowest BCUT2D eigenvalue weighted by Crippen LogP contribution is -2.57. The van der Waals surface area contributed by atoms with E-state index in [2.05, 4.69) is 21.1 Å². The molecule has 2 aliphatic heterocycles. The summed E-state index contributed by atoms with van der Waals surface area (Å²) in [6.45, 7) is 7.81. The molecule has 208 valence electrons. The van der Waals surface area contributed by atoms with E-state index in [1.54, 1.807) is 13.8 Å². The molecule has 1 aromatic carbocycles. The number of aliphatic hydroxyl groups is 1. The third-order valence-corrected chi connectivity index (χ3v) is 6.30. The highest BCUT2D eigenvalue weighted by molar-refractivity contribution is 6.40. The van der Waals surface area contributed by atoms with Crippen LogP contribution in [0.4, 0.5) is 0 Å². The van der Waals surface area contributed by atoms with Gasteiger partial charge in [-0.25, -0.2) is 0 Å². The predicted octanol–water partition coefficient (Wildman–Crippen LogP) is 1.16. The second-order valence-corrected chi connectivity index (χ2v) is 10.3. The van der Waals surface area contributed by atoms with E-state index in [4.69, 9.17) is 14.3 Å². The van der Waals surface area contributed by atoms with Gasteiger partial charge in [0.15, 0.2) is 5.78 Å². The van der Waals surface area contributed by atoms with E-state index in [0.29, 0.717) is 19.4 Å². The fraction of sp³-hybridized carbons (Fsp3) is 0.556. The highest BCUT2D eigenvalue weighted by atomic mass is 16.6. The summed E-state index contributed by atoms with van der Waals surface area (Å²) in [6, 6.07) is 7.78. The van der Waals surface area contributed by atoms with Gasteiger partial charge in [-0.05, 0) is 38.2 Å². The lowest BCUT2D eigenvalue weighted by atomic mass is 9.92. The number of aliphatic hydroxyl groups excluding tert-OH is 1. The van der Waals surface area contributed by atoms with Gasteiger partial charge in [0.25, 0.3) is 11.8 Å². The van der Waals surface area contributed by atoms with Gasteiger partial charge in [-0.15, -0.1) is 0 Å². The van der Waals surface area contributed by atoms with Crippen molar-refractivity contribution in [3.63, 3.8) is 0 Å². The van der Waals surface area contributed by atoms with Crippen LogP contribution in [0.25, 0.3) is 0 Å². The van der Waals surface area contributed by atoms with Gasteiger partial charge in [0.2, 0.25) is 0 Å². The molecule has 0 saturated carbocycles. The number of Topliss-reactive ketones (excluding diaryl/α,β-unsaturated/α-hetero) is 1. The minimum Gasteiger partial charge on any atom is -0.502 e. The van der Waals surface area contributed by atoms with E-state index in [0.717, 1.165) is 11.8 Å². The number of nitrogens with one attached hydrogen (secondary N) is 3. The van der Waals surface area contributed by atoms with Gasteiger partial charge >= 0.3 is 0 Å². The van der Waals surface area contributed by atoms with Crippen LogP contribution in [0, 0.1) is 5.92 Å². The summed E-state index contributed by atoms with van der Waals surface area (Å²) in [5, 5.41) is 23.3.